The van der Waals surface area contributed by atoms with Crippen LogP contribution in [-0.4, -0.2) is 25.2 Å². The molecule has 1 aromatic carbocycles. The molecule has 0 saturated carbocycles. The van der Waals surface area contributed by atoms with Gasteiger partial charge in [0.05, 0.1) is 11.7 Å². The number of sulfone groups is 1. The molecule has 0 radical (unpaired) electrons. The Balaban J connectivity index is 1.93. The Morgan fingerprint density at radius 1 is 1.32 bits per heavy atom. The topological polar surface area (TPSA) is 89.3 Å². The molecule has 1 N–H and O–H groups in total. The van der Waals surface area contributed by atoms with Crippen molar-refractivity contribution < 1.29 is 17.7 Å². The molecule has 1 heterocycles. The number of rotatable bonds is 6. The number of nitrogens with one attached hydrogen (secondary N) is 1. The molecule has 7 heteroatoms. The number of hydrogen-bond acceptors (Lipinski definition) is 5. The molecule has 1 atom stereocenters. The average Bonchev–Trinajstić information content (AvgIpc) is 2.83. The Labute approximate surface area is 129 Å². The van der Waals surface area contributed by atoms with Gasteiger partial charge in [0.1, 0.15) is 11.5 Å². The summed E-state index contributed by atoms with van der Waals surface area (Å²) in [5.41, 5.74) is 1.52. The summed E-state index contributed by atoms with van der Waals surface area (Å²) in [5, 5.41) is 6.31. The third-order valence-electron chi connectivity index (χ3n) is 3.07. The van der Waals surface area contributed by atoms with E-state index in [9.17, 15) is 13.2 Å². The van der Waals surface area contributed by atoms with Gasteiger partial charge in [-0.15, -0.1) is 0 Å². The van der Waals surface area contributed by atoms with Crippen molar-refractivity contribution in [2.45, 2.75) is 25.6 Å². The molecule has 22 heavy (non-hydrogen) atoms. The Morgan fingerprint density at radius 2 is 2.00 bits per heavy atom. The van der Waals surface area contributed by atoms with Gasteiger partial charge in [0.15, 0.2) is 15.6 Å². The van der Waals surface area contributed by atoms with Crippen molar-refractivity contribution in [1.29, 1.82) is 0 Å². The first-order valence-electron chi connectivity index (χ1n) is 6.82. The summed E-state index contributed by atoms with van der Waals surface area (Å²) >= 11 is 0. The highest BCUT2D eigenvalue weighted by Crippen LogP contribution is 2.12. The lowest BCUT2D eigenvalue weighted by atomic mass is 10.1. The van der Waals surface area contributed by atoms with Crippen molar-refractivity contribution >= 4 is 15.7 Å². The zero-order valence-electron chi connectivity index (χ0n) is 12.4. The zero-order valence-corrected chi connectivity index (χ0v) is 13.3. The summed E-state index contributed by atoms with van der Waals surface area (Å²) < 4.78 is 28.8. The third kappa shape index (κ3) is 4.70. The summed E-state index contributed by atoms with van der Waals surface area (Å²) in [6, 6.07) is 10.6. The lowest BCUT2D eigenvalue weighted by Gasteiger charge is -2.14. The molecule has 0 bridgehead atoms. The summed E-state index contributed by atoms with van der Waals surface area (Å²) in [6.07, 6.45) is 0. The Kier molecular flexibility index (Phi) is 4.97. The minimum absolute atomic E-state index is 0.237. The molecule has 6 nitrogen and oxygen atoms in total. The summed E-state index contributed by atoms with van der Waals surface area (Å²) in [5.74, 6) is -1.21. The summed E-state index contributed by atoms with van der Waals surface area (Å²) in [4.78, 5) is 11.9. The van der Waals surface area contributed by atoms with Gasteiger partial charge in [0.25, 0.3) is 0 Å². The fourth-order valence-electron chi connectivity index (χ4n) is 2.06. The van der Waals surface area contributed by atoms with Gasteiger partial charge in [-0.25, -0.2) is 8.42 Å². The van der Waals surface area contributed by atoms with Gasteiger partial charge in [-0.1, -0.05) is 35.5 Å². The Hall–Kier alpha value is -2.15. The Bertz CT molecular complexity index is 738. The van der Waals surface area contributed by atoms with E-state index in [-0.39, 0.29) is 17.6 Å². The molecule has 0 spiro atoms. The number of benzene rings is 1. The molecular weight excluding hydrogens is 304 g/mol. The van der Waals surface area contributed by atoms with Crippen LogP contribution in [0.3, 0.4) is 0 Å². The highest BCUT2D eigenvalue weighted by atomic mass is 32.2. The highest BCUT2D eigenvalue weighted by molar-refractivity contribution is 7.91. The first-order chi connectivity index (χ1) is 10.4. The normalized spacial score (nSPS) is 12.8. The quantitative estimate of drug-likeness (QED) is 0.875. The second kappa shape index (κ2) is 6.74. The predicted octanol–water partition coefficient (Wildman–Crippen LogP) is 1.78. The first kappa shape index (κ1) is 16.2. The zero-order chi connectivity index (χ0) is 16.2. The molecule has 0 aliphatic carbocycles. The van der Waals surface area contributed by atoms with Crippen molar-refractivity contribution in [3.05, 3.63) is 53.4 Å². The summed E-state index contributed by atoms with van der Waals surface area (Å²) in [6.45, 7) is 3.51. The van der Waals surface area contributed by atoms with E-state index in [2.05, 4.69) is 10.5 Å². The number of carbonyl (C=O) groups is 1. The number of nitrogens with zero attached hydrogens (tertiary/aromatic N) is 1. The molecule has 0 unspecified atom stereocenters. The van der Waals surface area contributed by atoms with Crippen LogP contribution in [0, 0.1) is 6.92 Å². The fourth-order valence-corrected chi connectivity index (χ4v) is 3.21. The number of hydrogen-bond donors (Lipinski definition) is 1. The van der Waals surface area contributed by atoms with Crippen LogP contribution >= 0.6 is 0 Å². The largest absolute Gasteiger partial charge is 0.360 e. The monoisotopic (exact) mass is 322 g/mol. The van der Waals surface area contributed by atoms with E-state index in [4.69, 9.17) is 4.52 Å². The minimum Gasteiger partial charge on any atom is -0.360 e. The Morgan fingerprint density at radius 3 is 2.59 bits per heavy atom. The van der Waals surface area contributed by atoms with Crippen molar-refractivity contribution in [1.82, 2.24) is 10.5 Å². The maximum atomic E-state index is 12.0. The van der Waals surface area contributed by atoms with E-state index >= 15 is 0 Å². The van der Waals surface area contributed by atoms with Crippen LogP contribution in [0.15, 0.2) is 40.9 Å². The second-order valence-electron chi connectivity index (χ2n) is 5.17. The van der Waals surface area contributed by atoms with Crippen LogP contribution in [0.2, 0.25) is 0 Å². The van der Waals surface area contributed by atoms with E-state index in [1.807, 2.05) is 30.3 Å². The van der Waals surface area contributed by atoms with Gasteiger partial charge in [0, 0.05) is 6.07 Å². The van der Waals surface area contributed by atoms with Crippen LogP contribution in [0.5, 0.6) is 0 Å². The molecule has 118 valence electrons. The standard InChI is InChI=1S/C15H18N2O4S/c1-11-8-14(21-17-11)9-22(19,20)10-15(18)16-12(2)13-6-4-3-5-7-13/h3-8,12H,9-10H2,1-2H3,(H,16,18)/t12-/m1/s1. The van der Waals surface area contributed by atoms with Crippen LogP contribution < -0.4 is 5.32 Å². The number of carbonyl (C=O) groups excluding carboxylic acids is 1. The van der Waals surface area contributed by atoms with E-state index in [0.717, 1.165) is 5.56 Å². The lowest BCUT2D eigenvalue weighted by Crippen LogP contribution is -2.32. The van der Waals surface area contributed by atoms with Crippen LogP contribution in [-0.2, 0) is 20.4 Å². The fraction of sp³-hybridized carbons (Fsp3) is 0.333. The molecular formula is C15H18N2O4S. The predicted molar refractivity (Wildman–Crippen MR) is 81.7 cm³/mol. The van der Waals surface area contributed by atoms with Gasteiger partial charge in [-0.2, -0.15) is 0 Å². The maximum Gasteiger partial charge on any atom is 0.235 e. The van der Waals surface area contributed by atoms with Crippen molar-refractivity contribution in [3.63, 3.8) is 0 Å². The van der Waals surface area contributed by atoms with E-state index in [1.54, 1.807) is 19.9 Å². The van der Waals surface area contributed by atoms with Crippen LogP contribution in [0.25, 0.3) is 0 Å². The highest BCUT2D eigenvalue weighted by Gasteiger charge is 2.21. The lowest BCUT2D eigenvalue weighted by molar-refractivity contribution is -0.119. The van der Waals surface area contributed by atoms with Crippen LogP contribution in [0.4, 0.5) is 0 Å². The van der Waals surface area contributed by atoms with Gasteiger partial charge in [-0.05, 0) is 19.4 Å². The number of aryl methyl sites for hydroxylation is 1. The van der Waals surface area contributed by atoms with E-state index in [0.29, 0.717) is 5.69 Å². The summed E-state index contributed by atoms with van der Waals surface area (Å²) in [7, 11) is -3.59. The van der Waals surface area contributed by atoms with Gasteiger partial charge in [-0.3, -0.25) is 4.79 Å². The SMILES string of the molecule is Cc1cc(CS(=O)(=O)CC(=O)N[C@H](C)c2ccccc2)on1. The number of aromatic nitrogens is 1. The van der Waals surface area contributed by atoms with Gasteiger partial charge in [0.2, 0.25) is 5.91 Å². The molecule has 0 fully saturated rings. The third-order valence-corrected chi connectivity index (χ3v) is 4.49. The molecule has 1 amide bonds. The van der Waals surface area contributed by atoms with Crippen LogP contribution in [0.1, 0.15) is 30.0 Å². The van der Waals surface area contributed by atoms with Crippen molar-refractivity contribution in [3.8, 4) is 0 Å². The molecule has 0 aliphatic rings. The molecule has 1 aromatic heterocycles. The van der Waals surface area contributed by atoms with Gasteiger partial charge >= 0.3 is 0 Å². The minimum atomic E-state index is -3.59. The van der Waals surface area contributed by atoms with E-state index in [1.165, 1.54) is 0 Å². The molecule has 2 aromatic rings. The maximum absolute atomic E-state index is 12.0. The first-order valence-corrected chi connectivity index (χ1v) is 8.65. The molecule has 0 aliphatic heterocycles. The second-order valence-corrected chi connectivity index (χ2v) is 7.23. The van der Waals surface area contributed by atoms with E-state index < -0.39 is 21.5 Å². The van der Waals surface area contributed by atoms with Crippen molar-refractivity contribution in [2.24, 2.45) is 0 Å². The van der Waals surface area contributed by atoms with Gasteiger partial charge < -0.3 is 9.84 Å². The number of amides is 1. The molecule has 2 rings (SSSR count). The molecule has 0 saturated heterocycles. The smallest absolute Gasteiger partial charge is 0.235 e. The van der Waals surface area contributed by atoms with Crippen molar-refractivity contribution in [2.75, 3.05) is 5.75 Å². The average molecular weight is 322 g/mol.